The Hall–Kier alpha value is -2.21. The Morgan fingerprint density at radius 1 is 1.40 bits per heavy atom. The van der Waals surface area contributed by atoms with Crippen LogP contribution in [0.1, 0.15) is 37.5 Å². The first kappa shape index (κ1) is 14.2. The molecule has 1 aromatic carbocycles. The molecule has 0 saturated carbocycles. The van der Waals surface area contributed by atoms with E-state index in [9.17, 15) is 4.79 Å². The molecule has 0 heterocycles. The lowest BCUT2D eigenvalue weighted by molar-refractivity contribution is 0.0535. The number of amides is 1. The molecule has 0 fully saturated rings. The Kier molecular flexibility index (Phi) is 4.14. The van der Waals surface area contributed by atoms with Gasteiger partial charge in [-0.3, -0.25) is 0 Å². The normalized spacial score (nSPS) is 12.3. The van der Waals surface area contributed by atoms with Gasteiger partial charge in [0, 0.05) is 5.56 Å². The van der Waals surface area contributed by atoms with Gasteiger partial charge in [-0.1, -0.05) is 36.1 Å². The molecule has 0 bridgehead atoms. The van der Waals surface area contributed by atoms with Crippen LogP contribution in [0.15, 0.2) is 24.3 Å². The zero-order chi connectivity index (χ0) is 14.6. The molecule has 0 aliphatic heterocycles. The van der Waals surface area contributed by atoms with E-state index >= 15 is 0 Å². The summed E-state index contributed by atoms with van der Waals surface area (Å²) in [5.41, 5.74) is 3.04. The highest BCUT2D eigenvalue weighted by molar-refractivity contribution is 5.68. The third kappa shape index (κ3) is 3.89. The summed E-state index contributed by atoms with van der Waals surface area (Å²) in [6, 6.07) is 6.09. The van der Waals surface area contributed by atoms with Crippen molar-refractivity contribution in [1.82, 2.24) is 5.32 Å². The summed E-state index contributed by atoms with van der Waals surface area (Å²) >= 11 is 0. The Labute approximate surface area is 120 Å². The molecule has 0 atom stereocenters. The van der Waals surface area contributed by atoms with E-state index in [1.807, 2.05) is 32.9 Å². The Morgan fingerprint density at radius 3 is 2.95 bits per heavy atom. The number of hydrogen-bond acceptors (Lipinski definition) is 2. The van der Waals surface area contributed by atoms with E-state index in [1.54, 1.807) is 0 Å². The predicted molar refractivity (Wildman–Crippen MR) is 80.3 cm³/mol. The highest BCUT2D eigenvalue weighted by atomic mass is 16.6. The molecule has 104 valence electrons. The Bertz CT molecular complexity index is 598. The SMILES string of the molecule is CC(C)(C)OC(=O)NCC#Cc1cccc2c1CC=C2. The van der Waals surface area contributed by atoms with Crippen LogP contribution >= 0.6 is 0 Å². The highest BCUT2D eigenvalue weighted by Crippen LogP contribution is 2.22. The van der Waals surface area contributed by atoms with Gasteiger partial charge in [0.1, 0.15) is 5.60 Å². The first-order valence-corrected chi connectivity index (χ1v) is 6.70. The lowest BCUT2D eigenvalue weighted by Gasteiger charge is -2.19. The summed E-state index contributed by atoms with van der Waals surface area (Å²) in [4.78, 5) is 11.4. The Morgan fingerprint density at radius 2 is 2.20 bits per heavy atom. The van der Waals surface area contributed by atoms with Crippen LogP contribution in [0, 0.1) is 11.8 Å². The predicted octanol–water partition coefficient (Wildman–Crippen LogP) is 3.13. The molecular formula is C17H19NO2. The molecule has 3 nitrogen and oxygen atoms in total. The van der Waals surface area contributed by atoms with Gasteiger partial charge in [0.2, 0.25) is 0 Å². The minimum absolute atomic E-state index is 0.284. The van der Waals surface area contributed by atoms with Crippen LogP contribution in [0.3, 0.4) is 0 Å². The maximum absolute atomic E-state index is 11.4. The molecule has 0 unspecified atom stereocenters. The largest absolute Gasteiger partial charge is 0.444 e. The van der Waals surface area contributed by atoms with E-state index in [-0.39, 0.29) is 6.54 Å². The number of carbonyl (C=O) groups is 1. The molecule has 1 aliphatic carbocycles. The first-order chi connectivity index (χ1) is 9.46. The number of rotatable bonds is 1. The van der Waals surface area contributed by atoms with E-state index in [2.05, 4.69) is 35.4 Å². The molecule has 0 radical (unpaired) electrons. The second-order valence-electron chi connectivity index (χ2n) is 5.64. The molecule has 0 spiro atoms. The smallest absolute Gasteiger partial charge is 0.408 e. The number of fused-ring (bicyclic) bond motifs is 1. The number of nitrogens with one attached hydrogen (secondary N) is 1. The summed E-state index contributed by atoms with van der Waals surface area (Å²) in [6.45, 7) is 5.78. The molecule has 1 aliphatic rings. The van der Waals surface area contributed by atoms with Gasteiger partial charge in [0.15, 0.2) is 0 Å². The number of ether oxygens (including phenoxy) is 1. The van der Waals surface area contributed by atoms with Gasteiger partial charge in [0.05, 0.1) is 6.54 Å². The van der Waals surface area contributed by atoms with Gasteiger partial charge < -0.3 is 10.1 Å². The standard InChI is InChI=1S/C17H19NO2/c1-17(2,3)20-16(19)18-12-6-10-14-8-4-7-13-9-5-11-15(13)14/h4-5,7-9H,11-12H2,1-3H3,(H,18,19). The van der Waals surface area contributed by atoms with Crippen molar-refractivity contribution in [3.05, 3.63) is 41.0 Å². The van der Waals surface area contributed by atoms with Gasteiger partial charge in [-0.05, 0) is 44.4 Å². The molecule has 20 heavy (non-hydrogen) atoms. The maximum atomic E-state index is 11.4. The molecule has 0 aromatic heterocycles. The number of benzene rings is 1. The first-order valence-electron chi connectivity index (χ1n) is 6.70. The summed E-state index contributed by atoms with van der Waals surface area (Å²) in [6.07, 6.45) is 4.74. The third-order valence-corrected chi connectivity index (χ3v) is 2.77. The summed E-state index contributed by atoms with van der Waals surface area (Å²) < 4.78 is 5.14. The van der Waals surface area contributed by atoms with Gasteiger partial charge in [-0.2, -0.15) is 0 Å². The van der Waals surface area contributed by atoms with E-state index < -0.39 is 11.7 Å². The van der Waals surface area contributed by atoms with Crippen molar-refractivity contribution in [3.63, 3.8) is 0 Å². The molecule has 2 rings (SSSR count). The number of alkyl carbamates (subject to hydrolysis) is 1. The fraction of sp³-hybridized carbons (Fsp3) is 0.353. The van der Waals surface area contributed by atoms with Gasteiger partial charge in [0.25, 0.3) is 0 Å². The van der Waals surface area contributed by atoms with Crippen molar-refractivity contribution >= 4 is 12.2 Å². The van der Waals surface area contributed by atoms with E-state index in [0.29, 0.717) is 0 Å². The zero-order valence-corrected chi connectivity index (χ0v) is 12.1. The zero-order valence-electron chi connectivity index (χ0n) is 12.1. The van der Waals surface area contributed by atoms with Crippen LogP contribution in [0.25, 0.3) is 6.08 Å². The average molecular weight is 269 g/mol. The second kappa shape index (κ2) is 5.83. The second-order valence-corrected chi connectivity index (χ2v) is 5.64. The number of carbonyl (C=O) groups excluding carboxylic acids is 1. The van der Waals surface area contributed by atoms with Crippen molar-refractivity contribution in [2.75, 3.05) is 6.54 Å². The lowest BCUT2D eigenvalue weighted by atomic mass is 10.0. The molecule has 3 heteroatoms. The summed E-state index contributed by atoms with van der Waals surface area (Å²) in [5, 5.41) is 2.63. The maximum Gasteiger partial charge on any atom is 0.408 e. The average Bonchev–Trinajstić information content (AvgIpc) is 2.81. The highest BCUT2D eigenvalue weighted by Gasteiger charge is 2.15. The minimum Gasteiger partial charge on any atom is -0.444 e. The van der Waals surface area contributed by atoms with E-state index in [1.165, 1.54) is 11.1 Å². The lowest BCUT2D eigenvalue weighted by Crippen LogP contribution is -2.32. The summed E-state index contributed by atoms with van der Waals surface area (Å²) in [5.74, 6) is 6.06. The van der Waals surface area contributed by atoms with Crippen LogP contribution in [-0.2, 0) is 11.2 Å². The van der Waals surface area contributed by atoms with Crippen molar-refractivity contribution in [2.45, 2.75) is 32.8 Å². The molecular weight excluding hydrogens is 250 g/mol. The van der Waals surface area contributed by atoms with Crippen molar-refractivity contribution in [1.29, 1.82) is 0 Å². The quantitative estimate of drug-likeness (QED) is 0.795. The van der Waals surface area contributed by atoms with Crippen molar-refractivity contribution in [2.24, 2.45) is 0 Å². The molecule has 1 amide bonds. The number of hydrogen-bond donors (Lipinski definition) is 1. The minimum atomic E-state index is -0.483. The van der Waals surface area contributed by atoms with Crippen LogP contribution in [0.2, 0.25) is 0 Å². The molecule has 1 aromatic rings. The van der Waals surface area contributed by atoms with Crippen LogP contribution in [0.4, 0.5) is 4.79 Å². The van der Waals surface area contributed by atoms with Crippen LogP contribution < -0.4 is 5.32 Å². The topological polar surface area (TPSA) is 38.3 Å². The molecule has 1 N–H and O–H groups in total. The monoisotopic (exact) mass is 269 g/mol. The fourth-order valence-electron chi connectivity index (χ4n) is 1.98. The van der Waals surface area contributed by atoms with Gasteiger partial charge >= 0.3 is 6.09 Å². The summed E-state index contributed by atoms with van der Waals surface area (Å²) in [7, 11) is 0. The van der Waals surface area contributed by atoms with Crippen molar-refractivity contribution < 1.29 is 9.53 Å². The van der Waals surface area contributed by atoms with Crippen molar-refractivity contribution in [3.8, 4) is 11.8 Å². The van der Waals surface area contributed by atoms with Gasteiger partial charge in [-0.15, -0.1) is 0 Å². The fourth-order valence-corrected chi connectivity index (χ4v) is 1.98. The Balaban J connectivity index is 1.90. The van der Waals surface area contributed by atoms with Gasteiger partial charge in [-0.25, -0.2) is 4.79 Å². The van der Waals surface area contributed by atoms with Crippen LogP contribution in [-0.4, -0.2) is 18.2 Å². The third-order valence-electron chi connectivity index (χ3n) is 2.77. The van der Waals surface area contributed by atoms with E-state index in [0.717, 1.165) is 12.0 Å². The van der Waals surface area contributed by atoms with Crippen LogP contribution in [0.5, 0.6) is 0 Å². The van der Waals surface area contributed by atoms with E-state index in [4.69, 9.17) is 4.74 Å². The molecule has 0 saturated heterocycles. The number of allylic oxidation sites excluding steroid dienone is 1.